The van der Waals surface area contributed by atoms with Crippen LogP contribution in [-0.2, 0) is 11.2 Å². The first-order chi connectivity index (χ1) is 15.3. The summed E-state index contributed by atoms with van der Waals surface area (Å²) in [5.74, 6) is -2.21. The maximum Gasteiger partial charge on any atom is 0.241 e. The van der Waals surface area contributed by atoms with E-state index in [4.69, 9.17) is 32.7 Å². The zero-order chi connectivity index (χ0) is 23.4. The lowest BCUT2D eigenvalue weighted by molar-refractivity contribution is -0.904. The maximum atomic E-state index is 12.3. The summed E-state index contributed by atoms with van der Waals surface area (Å²) in [4.78, 5) is 24.4. The second-order valence-corrected chi connectivity index (χ2v) is 8.85. The van der Waals surface area contributed by atoms with E-state index in [2.05, 4.69) is 0 Å². The molecule has 0 radical (unpaired) electrons. The first kappa shape index (κ1) is 23.8. The molecule has 0 aliphatic heterocycles. The van der Waals surface area contributed by atoms with E-state index < -0.39 is 17.8 Å². The van der Waals surface area contributed by atoms with Crippen molar-refractivity contribution >= 4 is 46.8 Å². The van der Waals surface area contributed by atoms with Crippen LogP contribution in [0.1, 0.15) is 37.5 Å². The van der Waals surface area contributed by atoms with E-state index in [-0.39, 0.29) is 16.5 Å². The third kappa shape index (κ3) is 4.98. The molecule has 0 saturated heterocycles. The molecule has 0 bridgehead atoms. The Labute approximate surface area is 198 Å². The molecule has 1 N–H and O–H groups in total. The van der Waals surface area contributed by atoms with Crippen LogP contribution in [0.3, 0.4) is 0 Å². The first-order valence-corrected chi connectivity index (χ1v) is 10.9. The topological polar surface area (TPSA) is 99.8 Å². The Morgan fingerprint density at radius 2 is 1.81 bits per heavy atom. The molecular weight excluding hydrogens is 477 g/mol. The summed E-state index contributed by atoms with van der Waals surface area (Å²) in [5, 5.41) is 22.4. The van der Waals surface area contributed by atoms with Crippen molar-refractivity contribution in [2.75, 3.05) is 14.2 Å². The number of aliphatic carboxylic acids is 1. The number of rotatable bonds is 9. The Bertz CT molecular complexity index is 1130. The SMILES string of the molecule is COc1ccc([C@@H](Cc2c(Cl)c[n+](O)cc2Cl)C(C(=O)[O-])c2ccc(C=O)s2)cc1OC. The number of aldehydes is 1. The monoisotopic (exact) mass is 495 g/mol. The van der Waals surface area contributed by atoms with Gasteiger partial charge in [-0.1, -0.05) is 29.3 Å². The number of methoxy groups -OCH3 is 2. The smallest absolute Gasteiger partial charge is 0.241 e. The number of carbonyl (C=O) groups is 2. The molecule has 1 unspecified atom stereocenters. The zero-order valence-electron chi connectivity index (χ0n) is 17.1. The molecule has 0 aliphatic rings. The highest BCUT2D eigenvalue weighted by Crippen LogP contribution is 2.42. The minimum Gasteiger partial charge on any atom is -0.549 e. The number of carboxylic acid groups (broad SMARTS) is 1. The van der Waals surface area contributed by atoms with Crippen LogP contribution in [0.25, 0.3) is 0 Å². The lowest BCUT2D eigenvalue weighted by Gasteiger charge is -2.29. The van der Waals surface area contributed by atoms with Crippen LogP contribution in [0.15, 0.2) is 42.7 Å². The third-order valence-corrected chi connectivity index (χ3v) is 6.80. The van der Waals surface area contributed by atoms with Gasteiger partial charge in [-0.05, 0) is 36.2 Å². The van der Waals surface area contributed by atoms with Crippen LogP contribution >= 0.6 is 34.5 Å². The van der Waals surface area contributed by atoms with Gasteiger partial charge in [0.15, 0.2) is 17.8 Å². The first-order valence-electron chi connectivity index (χ1n) is 9.35. The van der Waals surface area contributed by atoms with Crippen molar-refractivity contribution in [2.24, 2.45) is 0 Å². The summed E-state index contributed by atoms with van der Waals surface area (Å²) in [5.41, 5.74) is 1.07. The maximum absolute atomic E-state index is 12.3. The van der Waals surface area contributed by atoms with E-state index in [1.807, 2.05) is 0 Å². The molecule has 2 heterocycles. The van der Waals surface area contributed by atoms with Crippen LogP contribution in [-0.4, -0.2) is 31.7 Å². The van der Waals surface area contributed by atoms with Gasteiger partial charge in [-0.2, -0.15) is 0 Å². The predicted molar refractivity (Wildman–Crippen MR) is 117 cm³/mol. The summed E-state index contributed by atoms with van der Waals surface area (Å²) >= 11 is 13.7. The van der Waals surface area contributed by atoms with Crippen molar-refractivity contribution in [1.29, 1.82) is 0 Å². The normalized spacial score (nSPS) is 12.8. The third-order valence-electron chi connectivity index (χ3n) is 5.05. The van der Waals surface area contributed by atoms with E-state index in [9.17, 15) is 19.9 Å². The molecule has 32 heavy (non-hydrogen) atoms. The standard InChI is InChI=1S/C22H19Cl2NO6S/c1-30-18-5-3-12(7-19(18)31-2)14(8-15-16(23)9-25(29)10-17(15)24)21(22(27)28)20-6-4-13(11-26)32-20/h3-7,9-11,14,21H,8H2,1-2H3,(H-,27,28,29)/t14-,21?/m1/s1. The molecule has 0 amide bonds. The van der Waals surface area contributed by atoms with Crippen molar-refractivity contribution in [3.05, 3.63) is 73.7 Å². The summed E-state index contributed by atoms with van der Waals surface area (Å²) in [7, 11) is 2.98. The van der Waals surface area contributed by atoms with Crippen molar-refractivity contribution in [3.8, 4) is 11.5 Å². The number of hydrogen-bond donors (Lipinski definition) is 1. The second kappa shape index (κ2) is 10.2. The van der Waals surface area contributed by atoms with Gasteiger partial charge >= 0.3 is 0 Å². The molecule has 3 rings (SSSR count). The number of aromatic nitrogens is 1. The molecule has 0 spiro atoms. The molecule has 168 valence electrons. The molecular formula is C22H19Cl2NO6S. The number of thiophene rings is 1. The van der Waals surface area contributed by atoms with Gasteiger partial charge < -0.3 is 19.4 Å². The Balaban J connectivity index is 2.18. The van der Waals surface area contributed by atoms with Gasteiger partial charge in [-0.15, -0.1) is 11.3 Å². The number of carbonyl (C=O) groups excluding carboxylic acids is 2. The number of hydrogen-bond acceptors (Lipinski definition) is 7. The number of pyridine rings is 1. The van der Waals surface area contributed by atoms with Crippen LogP contribution < -0.4 is 19.3 Å². The minimum absolute atomic E-state index is 0.112. The number of nitrogens with zero attached hydrogens (tertiary/aromatic N) is 1. The van der Waals surface area contributed by atoms with Gasteiger partial charge in [0.1, 0.15) is 10.0 Å². The fraction of sp³-hybridized carbons (Fsp3) is 0.227. The molecule has 0 saturated carbocycles. The van der Waals surface area contributed by atoms with E-state index in [1.165, 1.54) is 26.6 Å². The quantitative estimate of drug-likeness (QED) is 0.277. The molecule has 7 nitrogen and oxygen atoms in total. The van der Waals surface area contributed by atoms with E-state index in [0.29, 0.717) is 38.7 Å². The Morgan fingerprint density at radius 3 is 2.34 bits per heavy atom. The largest absolute Gasteiger partial charge is 0.549 e. The van der Waals surface area contributed by atoms with Gasteiger partial charge in [-0.3, -0.25) is 10.0 Å². The van der Waals surface area contributed by atoms with Crippen molar-refractivity contribution < 1.29 is 34.1 Å². The van der Waals surface area contributed by atoms with Gasteiger partial charge in [0.25, 0.3) is 0 Å². The van der Waals surface area contributed by atoms with Gasteiger partial charge in [0.05, 0.1) is 25.1 Å². The predicted octanol–water partition coefficient (Wildman–Crippen LogP) is 3.27. The molecule has 3 aromatic rings. The lowest BCUT2D eigenvalue weighted by atomic mass is 9.80. The fourth-order valence-corrected chi connectivity index (χ4v) is 5.13. The van der Waals surface area contributed by atoms with Crippen LogP contribution in [0.4, 0.5) is 0 Å². The highest BCUT2D eigenvalue weighted by Gasteiger charge is 2.31. The van der Waals surface area contributed by atoms with Gasteiger partial charge in [-0.25, -0.2) is 0 Å². The minimum atomic E-state index is -1.32. The number of carboxylic acids is 1. The fourth-order valence-electron chi connectivity index (χ4n) is 3.54. The number of ether oxygens (including phenoxy) is 2. The molecule has 2 atom stereocenters. The summed E-state index contributed by atoms with van der Waals surface area (Å²) in [6.45, 7) is 0. The van der Waals surface area contributed by atoms with Gasteiger partial charge in [0.2, 0.25) is 12.4 Å². The summed E-state index contributed by atoms with van der Waals surface area (Å²) in [6.07, 6.45) is 3.30. The molecule has 10 heteroatoms. The average Bonchev–Trinajstić information content (AvgIpc) is 3.23. The molecule has 2 aromatic heterocycles. The van der Waals surface area contributed by atoms with Crippen LogP contribution in [0, 0.1) is 0 Å². The van der Waals surface area contributed by atoms with Crippen molar-refractivity contribution in [2.45, 2.75) is 18.3 Å². The summed E-state index contributed by atoms with van der Waals surface area (Å²) < 4.78 is 11.4. The zero-order valence-corrected chi connectivity index (χ0v) is 19.4. The van der Waals surface area contributed by atoms with Crippen LogP contribution in [0.5, 0.6) is 11.5 Å². The highest BCUT2D eigenvalue weighted by atomic mass is 35.5. The highest BCUT2D eigenvalue weighted by molar-refractivity contribution is 7.13. The Morgan fingerprint density at radius 1 is 1.16 bits per heavy atom. The number of halogens is 2. The lowest BCUT2D eigenvalue weighted by Crippen LogP contribution is -2.34. The van der Waals surface area contributed by atoms with Crippen molar-refractivity contribution in [3.63, 3.8) is 0 Å². The summed E-state index contributed by atoms with van der Waals surface area (Å²) in [6, 6.07) is 8.25. The molecule has 1 aromatic carbocycles. The van der Waals surface area contributed by atoms with E-state index >= 15 is 0 Å². The van der Waals surface area contributed by atoms with E-state index in [1.54, 1.807) is 30.3 Å². The average molecular weight is 496 g/mol. The second-order valence-electron chi connectivity index (χ2n) is 6.89. The Hall–Kier alpha value is -2.81. The van der Waals surface area contributed by atoms with Crippen LogP contribution in [0.2, 0.25) is 10.0 Å². The molecule has 0 aliphatic carbocycles. The number of benzene rings is 1. The Kier molecular flexibility index (Phi) is 7.60. The van der Waals surface area contributed by atoms with Gasteiger partial charge in [0, 0.05) is 27.0 Å². The molecule has 0 fully saturated rings. The van der Waals surface area contributed by atoms with Crippen molar-refractivity contribution in [1.82, 2.24) is 0 Å². The van der Waals surface area contributed by atoms with E-state index in [0.717, 1.165) is 16.1 Å².